The molecule has 2 heterocycles. The van der Waals surface area contributed by atoms with Crippen LogP contribution in [0.15, 0.2) is 30.6 Å². The Morgan fingerprint density at radius 1 is 1.53 bits per heavy atom. The Bertz CT molecular complexity index is 575. The average Bonchev–Trinajstić information content (AvgIpc) is 2.81. The molecule has 3 N–H and O–H groups in total. The van der Waals surface area contributed by atoms with Gasteiger partial charge in [-0.25, -0.2) is 4.98 Å². The number of carbonyl (C=O) groups is 1. The predicted molar refractivity (Wildman–Crippen MR) is 73.3 cm³/mol. The van der Waals surface area contributed by atoms with Crippen LogP contribution in [-0.4, -0.2) is 22.6 Å². The molecule has 19 heavy (non-hydrogen) atoms. The number of nitrogens with zero attached hydrogens (tertiary/aromatic N) is 2. The van der Waals surface area contributed by atoms with Crippen molar-refractivity contribution in [2.24, 2.45) is 0 Å². The van der Waals surface area contributed by atoms with Gasteiger partial charge in [0.1, 0.15) is 5.69 Å². The maximum Gasteiger partial charge on any atom is 0.272 e. The van der Waals surface area contributed by atoms with Crippen LogP contribution in [0.3, 0.4) is 0 Å². The number of nitrogen functional groups attached to an aromatic ring is 1. The zero-order valence-electron chi connectivity index (χ0n) is 10.9. The van der Waals surface area contributed by atoms with Crippen molar-refractivity contribution in [1.82, 2.24) is 9.55 Å². The molecule has 0 atom stereocenters. The second kappa shape index (κ2) is 5.43. The third-order valence-corrected chi connectivity index (χ3v) is 2.69. The van der Waals surface area contributed by atoms with Crippen molar-refractivity contribution in [3.8, 4) is 5.88 Å². The van der Waals surface area contributed by atoms with Crippen molar-refractivity contribution < 1.29 is 9.53 Å². The van der Waals surface area contributed by atoms with Gasteiger partial charge < -0.3 is 20.4 Å². The Kier molecular flexibility index (Phi) is 3.70. The Morgan fingerprint density at radius 3 is 2.89 bits per heavy atom. The van der Waals surface area contributed by atoms with E-state index in [-0.39, 0.29) is 5.91 Å². The molecular formula is C13H16N4O2. The van der Waals surface area contributed by atoms with Gasteiger partial charge in [0.25, 0.3) is 5.91 Å². The highest BCUT2D eigenvalue weighted by molar-refractivity contribution is 6.03. The minimum Gasteiger partial charge on any atom is -0.481 e. The monoisotopic (exact) mass is 260 g/mol. The molecule has 0 aliphatic carbocycles. The summed E-state index contributed by atoms with van der Waals surface area (Å²) in [5.74, 6) is 0.282. The molecule has 0 fully saturated rings. The molecule has 0 saturated heterocycles. The summed E-state index contributed by atoms with van der Waals surface area (Å²) in [5, 5.41) is 2.76. The number of hydrogen-bond donors (Lipinski definition) is 2. The van der Waals surface area contributed by atoms with E-state index in [1.54, 1.807) is 35.2 Å². The fraction of sp³-hybridized carbons (Fsp3) is 0.231. The van der Waals surface area contributed by atoms with Crippen LogP contribution in [0.5, 0.6) is 5.88 Å². The van der Waals surface area contributed by atoms with E-state index in [4.69, 9.17) is 10.5 Å². The lowest BCUT2D eigenvalue weighted by Gasteiger charge is -2.07. The third kappa shape index (κ3) is 2.85. The van der Waals surface area contributed by atoms with E-state index in [1.807, 2.05) is 6.92 Å². The number of aryl methyl sites for hydroxylation is 1. The smallest absolute Gasteiger partial charge is 0.272 e. The lowest BCUT2D eigenvalue weighted by molar-refractivity contribution is 0.101. The first kappa shape index (κ1) is 12.9. The zero-order valence-corrected chi connectivity index (χ0v) is 10.9. The van der Waals surface area contributed by atoms with Gasteiger partial charge in [-0.2, -0.15) is 0 Å². The lowest BCUT2D eigenvalue weighted by atomic mass is 10.3. The van der Waals surface area contributed by atoms with E-state index in [0.717, 1.165) is 0 Å². The van der Waals surface area contributed by atoms with Gasteiger partial charge in [-0.15, -0.1) is 0 Å². The van der Waals surface area contributed by atoms with Crippen LogP contribution in [0.2, 0.25) is 0 Å². The lowest BCUT2D eigenvalue weighted by Crippen LogP contribution is -2.16. The number of rotatable bonds is 4. The summed E-state index contributed by atoms with van der Waals surface area (Å²) in [6.07, 6.45) is 3.28. The van der Waals surface area contributed by atoms with Gasteiger partial charge in [-0.05, 0) is 19.1 Å². The standard InChI is InChI=1S/C13H16N4O2/c1-3-17-8-9(14)6-11(17)13(18)16-10-4-5-12(19-2)15-7-10/h4-8H,3,14H2,1-2H3,(H,16,18). The highest BCUT2D eigenvalue weighted by atomic mass is 16.5. The Labute approximate surface area is 111 Å². The van der Waals surface area contributed by atoms with Crippen molar-refractivity contribution >= 4 is 17.3 Å². The van der Waals surface area contributed by atoms with Crippen LogP contribution >= 0.6 is 0 Å². The maximum atomic E-state index is 12.1. The summed E-state index contributed by atoms with van der Waals surface area (Å²) in [4.78, 5) is 16.1. The van der Waals surface area contributed by atoms with Gasteiger partial charge in [0.05, 0.1) is 24.7 Å². The molecule has 2 aromatic heterocycles. The van der Waals surface area contributed by atoms with E-state index < -0.39 is 0 Å². The molecule has 0 bridgehead atoms. The number of aromatic nitrogens is 2. The minimum atomic E-state index is -0.217. The van der Waals surface area contributed by atoms with Crippen molar-refractivity contribution in [2.45, 2.75) is 13.5 Å². The summed E-state index contributed by atoms with van der Waals surface area (Å²) in [6.45, 7) is 2.63. The number of nitrogens with one attached hydrogen (secondary N) is 1. The molecule has 100 valence electrons. The number of carbonyl (C=O) groups excluding carboxylic acids is 1. The molecule has 2 aromatic rings. The van der Waals surface area contributed by atoms with Crippen molar-refractivity contribution in [2.75, 3.05) is 18.2 Å². The molecule has 2 rings (SSSR count). The molecule has 6 heteroatoms. The van der Waals surface area contributed by atoms with E-state index in [0.29, 0.717) is 29.5 Å². The van der Waals surface area contributed by atoms with Gasteiger partial charge in [0, 0.05) is 18.8 Å². The molecule has 0 aliphatic heterocycles. The topological polar surface area (TPSA) is 82.2 Å². The summed E-state index contributed by atoms with van der Waals surface area (Å²) in [5.41, 5.74) is 7.39. The number of amides is 1. The molecule has 0 spiro atoms. The van der Waals surface area contributed by atoms with Crippen LogP contribution in [-0.2, 0) is 6.54 Å². The number of ether oxygens (including phenoxy) is 1. The first-order chi connectivity index (χ1) is 9.13. The van der Waals surface area contributed by atoms with Gasteiger partial charge in [0.15, 0.2) is 0 Å². The van der Waals surface area contributed by atoms with Crippen LogP contribution in [0, 0.1) is 0 Å². The highest BCUT2D eigenvalue weighted by Gasteiger charge is 2.12. The number of anilines is 2. The van der Waals surface area contributed by atoms with Crippen molar-refractivity contribution in [3.63, 3.8) is 0 Å². The van der Waals surface area contributed by atoms with Gasteiger partial charge in [0.2, 0.25) is 5.88 Å². The second-order valence-electron chi connectivity index (χ2n) is 3.99. The van der Waals surface area contributed by atoms with E-state index in [2.05, 4.69) is 10.3 Å². The second-order valence-corrected chi connectivity index (χ2v) is 3.99. The average molecular weight is 260 g/mol. The highest BCUT2D eigenvalue weighted by Crippen LogP contribution is 2.15. The van der Waals surface area contributed by atoms with E-state index in [9.17, 15) is 4.79 Å². The van der Waals surface area contributed by atoms with Gasteiger partial charge >= 0.3 is 0 Å². The zero-order chi connectivity index (χ0) is 13.8. The Hall–Kier alpha value is -2.50. The van der Waals surface area contributed by atoms with Crippen LogP contribution in [0.25, 0.3) is 0 Å². The number of hydrogen-bond acceptors (Lipinski definition) is 4. The molecular weight excluding hydrogens is 244 g/mol. The maximum absolute atomic E-state index is 12.1. The molecule has 0 aliphatic rings. The van der Waals surface area contributed by atoms with Gasteiger partial charge in [-0.1, -0.05) is 0 Å². The summed E-state index contributed by atoms with van der Waals surface area (Å²) >= 11 is 0. The molecule has 0 radical (unpaired) electrons. The minimum absolute atomic E-state index is 0.217. The first-order valence-corrected chi connectivity index (χ1v) is 5.91. The van der Waals surface area contributed by atoms with Gasteiger partial charge in [-0.3, -0.25) is 4.79 Å². The predicted octanol–water partition coefficient (Wildman–Crippen LogP) is 1.75. The third-order valence-electron chi connectivity index (χ3n) is 2.69. The quantitative estimate of drug-likeness (QED) is 0.877. The fourth-order valence-electron chi connectivity index (χ4n) is 1.76. The molecule has 0 unspecified atom stereocenters. The number of pyridine rings is 1. The fourth-order valence-corrected chi connectivity index (χ4v) is 1.76. The molecule has 0 aromatic carbocycles. The van der Waals surface area contributed by atoms with Crippen LogP contribution in [0.4, 0.5) is 11.4 Å². The summed E-state index contributed by atoms with van der Waals surface area (Å²) in [6, 6.07) is 5.06. The normalized spacial score (nSPS) is 10.2. The summed E-state index contributed by atoms with van der Waals surface area (Å²) < 4.78 is 6.75. The Morgan fingerprint density at radius 2 is 2.32 bits per heavy atom. The Balaban J connectivity index is 2.15. The molecule has 1 amide bonds. The largest absolute Gasteiger partial charge is 0.481 e. The van der Waals surface area contributed by atoms with Crippen molar-refractivity contribution in [3.05, 3.63) is 36.3 Å². The molecule has 0 saturated carbocycles. The van der Waals surface area contributed by atoms with Crippen LogP contribution in [0.1, 0.15) is 17.4 Å². The first-order valence-electron chi connectivity index (χ1n) is 5.91. The van der Waals surface area contributed by atoms with Crippen molar-refractivity contribution in [1.29, 1.82) is 0 Å². The number of methoxy groups -OCH3 is 1. The van der Waals surface area contributed by atoms with Crippen LogP contribution < -0.4 is 15.8 Å². The summed E-state index contributed by atoms with van der Waals surface area (Å²) in [7, 11) is 1.54. The van der Waals surface area contributed by atoms with E-state index >= 15 is 0 Å². The van der Waals surface area contributed by atoms with E-state index in [1.165, 1.54) is 7.11 Å². The SMILES string of the molecule is CCn1cc(N)cc1C(=O)Nc1ccc(OC)nc1. The molecule has 6 nitrogen and oxygen atoms in total. The number of nitrogens with two attached hydrogens (primary N) is 1.